The summed E-state index contributed by atoms with van der Waals surface area (Å²) in [6.07, 6.45) is 0. The molecule has 110 valence electrons. The third kappa shape index (κ3) is 3.90. The fourth-order valence-corrected chi connectivity index (χ4v) is 2.30. The first kappa shape index (κ1) is 15.7. The van der Waals surface area contributed by atoms with Crippen LogP contribution in [-0.4, -0.2) is 12.3 Å². The van der Waals surface area contributed by atoms with Gasteiger partial charge in [0.25, 0.3) is 0 Å². The lowest BCUT2D eigenvalue weighted by molar-refractivity contribution is 0.892. The zero-order valence-electron chi connectivity index (χ0n) is 12.0. The first-order chi connectivity index (χ1) is 10.0. The molecule has 5 heteroatoms. The molecule has 0 saturated carbocycles. The Morgan fingerprint density at radius 1 is 1.10 bits per heavy atom. The Kier molecular flexibility index (Phi) is 5.10. The Morgan fingerprint density at radius 2 is 1.71 bits per heavy atom. The first-order valence-electron chi connectivity index (χ1n) is 6.65. The van der Waals surface area contributed by atoms with Crippen molar-refractivity contribution in [2.75, 3.05) is 17.3 Å². The van der Waals surface area contributed by atoms with Crippen LogP contribution in [0.15, 0.2) is 47.6 Å². The van der Waals surface area contributed by atoms with E-state index in [1.807, 2.05) is 49.2 Å². The molecule has 3 nitrogen and oxygen atoms in total. The van der Waals surface area contributed by atoms with E-state index in [1.165, 1.54) is 0 Å². The van der Waals surface area contributed by atoms with Crippen molar-refractivity contribution in [3.05, 3.63) is 58.1 Å². The van der Waals surface area contributed by atoms with Gasteiger partial charge in [-0.3, -0.25) is 5.01 Å². The molecule has 0 heterocycles. The number of halogens is 2. The van der Waals surface area contributed by atoms with Crippen molar-refractivity contribution in [1.29, 1.82) is 0 Å². The second kappa shape index (κ2) is 6.83. The van der Waals surface area contributed by atoms with Crippen LogP contribution in [0.5, 0.6) is 0 Å². The van der Waals surface area contributed by atoms with Crippen molar-refractivity contribution in [3.63, 3.8) is 0 Å². The number of anilines is 2. The average molecular weight is 322 g/mol. The fraction of sp³-hybridized carbons (Fsp3) is 0.188. The highest BCUT2D eigenvalue weighted by Crippen LogP contribution is 2.21. The zero-order chi connectivity index (χ0) is 15.4. The molecule has 2 rings (SSSR count). The van der Waals surface area contributed by atoms with Gasteiger partial charge in [0.2, 0.25) is 0 Å². The van der Waals surface area contributed by atoms with Crippen LogP contribution in [-0.2, 0) is 0 Å². The summed E-state index contributed by atoms with van der Waals surface area (Å²) < 4.78 is 0. The predicted octanol–water partition coefficient (Wildman–Crippen LogP) is 4.83. The summed E-state index contributed by atoms with van der Waals surface area (Å²) >= 11 is 11.9. The normalized spacial score (nSPS) is 11.5. The van der Waals surface area contributed by atoms with E-state index in [1.54, 1.807) is 12.1 Å². The van der Waals surface area contributed by atoms with Crippen LogP contribution in [0.4, 0.5) is 11.4 Å². The Hall–Kier alpha value is -1.71. The van der Waals surface area contributed by atoms with Crippen LogP contribution in [0.3, 0.4) is 0 Å². The zero-order valence-corrected chi connectivity index (χ0v) is 13.5. The molecule has 2 N–H and O–H groups in total. The molecule has 0 atom stereocenters. The van der Waals surface area contributed by atoms with Gasteiger partial charge in [-0.2, -0.15) is 5.10 Å². The number of nitrogen functional groups attached to an aromatic ring is 1. The Labute approximate surface area is 135 Å². The van der Waals surface area contributed by atoms with Crippen LogP contribution in [0.25, 0.3) is 0 Å². The van der Waals surface area contributed by atoms with Gasteiger partial charge in [-0.15, -0.1) is 0 Å². The van der Waals surface area contributed by atoms with Crippen LogP contribution < -0.4 is 10.7 Å². The summed E-state index contributed by atoms with van der Waals surface area (Å²) in [7, 11) is 0. The predicted molar refractivity (Wildman–Crippen MR) is 92.5 cm³/mol. The number of benzene rings is 2. The number of hydrogen-bond donors (Lipinski definition) is 1. The molecule has 21 heavy (non-hydrogen) atoms. The van der Waals surface area contributed by atoms with Crippen LogP contribution in [0, 0.1) is 0 Å². The highest BCUT2D eigenvalue weighted by molar-refractivity contribution is 6.31. The third-order valence-corrected chi connectivity index (χ3v) is 3.59. The fourth-order valence-electron chi connectivity index (χ4n) is 2.00. The minimum Gasteiger partial charge on any atom is -0.398 e. The molecule has 0 aliphatic carbocycles. The largest absolute Gasteiger partial charge is 0.398 e. The van der Waals surface area contributed by atoms with Gasteiger partial charge in [-0.1, -0.05) is 23.2 Å². The van der Waals surface area contributed by atoms with Crippen molar-refractivity contribution >= 4 is 40.3 Å². The third-order valence-electron chi connectivity index (χ3n) is 3.10. The van der Waals surface area contributed by atoms with Crippen LogP contribution in [0.1, 0.15) is 19.4 Å². The van der Waals surface area contributed by atoms with E-state index >= 15 is 0 Å². The van der Waals surface area contributed by atoms with Gasteiger partial charge in [-0.05, 0) is 56.3 Å². The SMILES string of the molecule is CCN(/N=C(\C)c1cc(Cl)ccc1N)c1ccc(Cl)cc1. The second-order valence-electron chi connectivity index (χ2n) is 4.61. The molecule has 0 unspecified atom stereocenters. The maximum absolute atomic E-state index is 6.03. The number of nitrogens with zero attached hydrogens (tertiary/aromatic N) is 2. The molecule has 0 radical (unpaired) electrons. The summed E-state index contributed by atoms with van der Waals surface area (Å²) in [6.45, 7) is 4.69. The molecule has 0 aromatic heterocycles. The maximum atomic E-state index is 6.03. The van der Waals surface area contributed by atoms with Gasteiger partial charge in [-0.25, -0.2) is 0 Å². The Bertz CT molecular complexity index is 651. The molecule has 0 saturated heterocycles. The van der Waals surface area contributed by atoms with Gasteiger partial charge in [0.15, 0.2) is 0 Å². The quantitative estimate of drug-likeness (QED) is 0.498. The van der Waals surface area contributed by atoms with Gasteiger partial charge in [0.05, 0.1) is 11.4 Å². The molecule has 0 fully saturated rings. The number of rotatable bonds is 4. The summed E-state index contributed by atoms with van der Waals surface area (Å²) in [5.74, 6) is 0. The highest BCUT2D eigenvalue weighted by Gasteiger charge is 2.08. The average Bonchev–Trinajstić information content (AvgIpc) is 2.48. The van der Waals surface area contributed by atoms with Crippen molar-refractivity contribution in [1.82, 2.24) is 0 Å². The van der Waals surface area contributed by atoms with Gasteiger partial charge in [0, 0.05) is 27.8 Å². The number of nitrogens with two attached hydrogens (primary N) is 1. The van der Waals surface area contributed by atoms with E-state index < -0.39 is 0 Å². The molecule has 2 aromatic carbocycles. The Morgan fingerprint density at radius 3 is 2.33 bits per heavy atom. The molecule has 0 amide bonds. The van der Waals surface area contributed by atoms with Crippen LogP contribution in [0.2, 0.25) is 10.0 Å². The van der Waals surface area contributed by atoms with Crippen molar-refractivity contribution < 1.29 is 0 Å². The molecule has 0 aliphatic rings. The minimum absolute atomic E-state index is 0.642. The summed E-state index contributed by atoms with van der Waals surface area (Å²) in [4.78, 5) is 0. The first-order valence-corrected chi connectivity index (χ1v) is 7.40. The summed E-state index contributed by atoms with van der Waals surface area (Å²) in [6, 6.07) is 12.9. The number of hydrazone groups is 1. The van der Waals surface area contributed by atoms with E-state index in [9.17, 15) is 0 Å². The lowest BCUT2D eigenvalue weighted by Gasteiger charge is -2.19. The minimum atomic E-state index is 0.642. The lowest BCUT2D eigenvalue weighted by Crippen LogP contribution is -2.18. The van der Waals surface area contributed by atoms with Crippen molar-refractivity contribution in [2.24, 2.45) is 5.10 Å². The second-order valence-corrected chi connectivity index (χ2v) is 5.48. The molecule has 0 bridgehead atoms. The molecular weight excluding hydrogens is 305 g/mol. The van der Waals surface area contributed by atoms with E-state index in [2.05, 4.69) is 5.10 Å². The van der Waals surface area contributed by atoms with Gasteiger partial charge >= 0.3 is 0 Å². The van der Waals surface area contributed by atoms with Crippen LogP contribution >= 0.6 is 23.2 Å². The van der Waals surface area contributed by atoms with E-state index in [-0.39, 0.29) is 0 Å². The summed E-state index contributed by atoms with van der Waals surface area (Å²) in [5.41, 5.74) is 9.28. The van der Waals surface area contributed by atoms with E-state index in [0.717, 1.165) is 23.5 Å². The van der Waals surface area contributed by atoms with E-state index in [4.69, 9.17) is 28.9 Å². The number of hydrogen-bond acceptors (Lipinski definition) is 3. The van der Waals surface area contributed by atoms with Crippen molar-refractivity contribution in [2.45, 2.75) is 13.8 Å². The highest BCUT2D eigenvalue weighted by atomic mass is 35.5. The Balaban J connectivity index is 2.34. The topological polar surface area (TPSA) is 41.6 Å². The molecular formula is C16H17Cl2N3. The standard InChI is InChI=1S/C16H17Cl2N3/c1-3-21(14-7-4-12(17)5-8-14)20-11(2)15-10-13(18)6-9-16(15)19/h4-10H,3,19H2,1-2H3/b20-11+. The van der Waals surface area contributed by atoms with Crippen molar-refractivity contribution in [3.8, 4) is 0 Å². The molecule has 0 spiro atoms. The molecule has 0 aliphatic heterocycles. The maximum Gasteiger partial charge on any atom is 0.0672 e. The monoisotopic (exact) mass is 321 g/mol. The van der Waals surface area contributed by atoms with Gasteiger partial charge in [0.1, 0.15) is 0 Å². The summed E-state index contributed by atoms with van der Waals surface area (Å²) in [5, 5.41) is 7.88. The van der Waals surface area contributed by atoms with Gasteiger partial charge < -0.3 is 5.73 Å². The molecule has 2 aromatic rings. The smallest absolute Gasteiger partial charge is 0.0672 e. The van der Waals surface area contributed by atoms with E-state index in [0.29, 0.717) is 15.7 Å². The lowest BCUT2D eigenvalue weighted by atomic mass is 10.1.